The van der Waals surface area contributed by atoms with Crippen molar-refractivity contribution in [3.63, 3.8) is 0 Å². The molecule has 0 spiro atoms. The first kappa shape index (κ1) is 21.1. The van der Waals surface area contributed by atoms with Gasteiger partial charge in [-0.15, -0.1) is 0 Å². The molecule has 1 unspecified atom stereocenters. The number of phenolic OH excluding ortho intramolecular Hbond substituents is 1. The number of carboxylic acids is 1. The number of carboxylic acid groups (broad SMARTS) is 1. The summed E-state index contributed by atoms with van der Waals surface area (Å²) in [5, 5.41) is 26.7. The van der Waals surface area contributed by atoms with Crippen LogP contribution in [0.3, 0.4) is 0 Å². The molecule has 3 N–H and O–H groups in total. The first-order valence-corrected chi connectivity index (χ1v) is 9.02. The van der Waals surface area contributed by atoms with Crippen molar-refractivity contribution in [2.75, 3.05) is 0 Å². The van der Waals surface area contributed by atoms with E-state index in [0.29, 0.717) is 29.0 Å². The fourth-order valence-electron chi connectivity index (χ4n) is 2.49. The molecule has 0 saturated carbocycles. The molecule has 1 aliphatic carbocycles. The summed E-state index contributed by atoms with van der Waals surface area (Å²) in [5.41, 5.74) is 1.59. The lowest BCUT2D eigenvalue weighted by Crippen LogP contribution is -2.02. The Kier molecular flexibility index (Phi) is 7.71. The normalized spacial score (nSPS) is 12.1. The van der Waals surface area contributed by atoms with Gasteiger partial charge in [0.1, 0.15) is 17.0 Å². The minimum absolute atomic E-state index is 0.107. The van der Waals surface area contributed by atoms with E-state index in [-0.39, 0.29) is 11.2 Å². The number of benzene rings is 2. The van der Waals surface area contributed by atoms with Crippen LogP contribution in [0.5, 0.6) is 5.75 Å². The highest BCUT2D eigenvalue weighted by molar-refractivity contribution is 5.79. The van der Waals surface area contributed by atoms with Gasteiger partial charge in [-0.1, -0.05) is 26.2 Å². The summed E-state index contributed by atoms with van der Waals surface area (Å²) in [4.78, 5) is 25.5. The largest absolute Gasteiger partial charge is 0.508 e. The number of fused-ring (bicyclic) bond motifs is 2. The Morgan fingerprint density at radius 2 is 2.00 bits per heavy atom. The van der Waals surface area contributed by atoms with Crippen molar-refractivity contribution in [3.05, 3.63) is 58.8 Å². The maximum Gasteiger partial charge on any atom is 0.328 e. The fourth-order valence-corrected chi connectivity index (χ4v) is 2.49. The lowest BCUT2D eigenvalue weighted by molar-refractivity contribution is -0.131. The van der Waals surface area contributed by atoms with Crippen molar-refractivity contribution >= 4 is 17.1 Å². The van der Waals surface area contributed by atoms with Gasteiger partial charge in [-0.2, -0.15) is 0 Å². The van der Waals surface area contributed by atoms with Crippen LogP contribution in [0, 0.1) is 0 Å². The van der Waals surface area contributed by atoms with Crippen LogP contribution in [0.2, 0.25) is 0 Å². The molecular formula is C21H23NO6. The van der Waals surface area contributed by atoms with Crippen LogP contribution >= 0.6 is 0 Å². The van der Waals surface area contributed by atoms with Crippen LogP contribution in [0.25, 0.3) is 22.6 Å². The van der Waals surface area contributed by atoms with E-state index in [4.69, 9.17) is 9.52 Å². The number of aliphatic hydroxyl groups excluding tert-OH is 1. The van der Waals surface area contributed by atoms with Gasteiger partial charge in [0, 0.05) is 18.2 Å². The Hall–Kier alpha value is -3.19. The minimum Gasteiger partial charge on any atom is -0.508 e. The van der Waals surface area contributed by atoms with E-state index in [9.17, 15) is 19.8 Å². The van der Waals surface area contributed by atoms with Crippen LogP contribution in [0.4, 0.5) is 0 Å². The highest BCUT2D eigenvalue weighted by Gasteiger charge is 2.09. The van der Waals surface area contributed by atoms with Crippen molar-refractivity contribution in [2.45, 2.75) is 38.7 Å². The minimum atomic E-state index is -1.01. The molecule has 1 aromatic rings. The molecule has 1 heterocycles. The molecular weight excluding hydrogens is 362 g/mol. The van der Waals surface area contributed by atoms with E-state index < -0.39 is 12.1 Å². The molecule has 2 aliphatic rings. The molecule has 148 valence electrons. The van der Waals surface area contributed by atoms with E-state index in [1.165, 1.54) is 24.3 Å². The molecule has 0 bridgehead atoms. The third-order valence-electron chi connectivity index (χ3n) is 3.90. The summed E-state index contributed by atoms with van der Waals surface area (Å²) in [5.74, 6) is -0.481. The number of carbonyl (C=O) groups is 1. The van der Waals surface area contributed by atoms with Crippen LogP contribution in [0.15, 0.2) is 57.8 Å². The van der Waals surface area contributed by atoms with Gasteiger partial charge in [-0.3, -0.25) is 4.79 Å². The Bertz CT molecular complexity index is 978. The molecule has 7 heteroatoms. The molecule has 0 fully saturated rings. The lowest BCUT2D eigenvalue weighted by Gasteiger charge is -2.05. The SMILES string of the molecule is CCCCCC(O)/C=C/C(=O)O.O=c1ccc2nc3ccc(O)cc3oc-2c1. The van der Waals surface area contributed by atoms with Crippen molar-refractivity contribution in [1.29, 1.82) is 0 Å². The van der Waals surface area contributed by atoms with Gasteiger partial charge in [-0.05, 0) is 36.8 Å². The second-order valence-corrected chi connectivity index (χ2v) is 6.26. The monoisotopic (exact) mass is 385 g/mol. The predicted octanol–water partition coefficient (Wildman–Crippen LogP) is 3.57. The number of aromatic hydroxyl groups is 1. The maximum atomic E-state index is 11.1. The molecule has 3 rings (SSSR count). The van der Waals surface area contributed by atoms with Gasteiger partial charge < -0.3 is 19.7 Å². The number of aromatic nitrogens is 1. The van der Waals surface area contributed by atoms with Gasteiger partial charge in [0.05, 0.1) is 6.10 Å². The average Bonchev–Trinajstić information content (AvgIpc) is 2.65. The molecule has 1 aliphatic heterocycles. The van der Waals surface area contributed by atoms with E-state index in [1.54, 1.807) is 18.2 Å². The first-order valence-electron chi connectivity index (χ1n) is 9.02. The molecule has 0 aromatic heterocycles. The fraction of sp³-hybridized carbons (Fsp3) is 0.286. The summed E-state index contributed by atoms with van der Waals surface area (Å²) >= 11 is 0. The molecule has 7 nitrogen and oxygen atoms in total. The Morgan fingerprint density at radius 3 is 2.71 bits per heavy atom. The third-order valence-corrected chi connectivity index (χ3v) is 3.90. The van der Waals surface area contributed by atoms with E-state index in [2.05, 4.69) is 11.9 Å². The summed E-state index contributed by atoms with van der Waals surface area (Å²) in [6.45, 7) is 2.08. The Balaban J connectivity index is 0.000000211. The summed E-state index contributed by atoms with van der Waals surface area (Å²) in [6.07, 6.45) is 5.48. The highest BCUT2D eigenvalue weighted by Crippen LogP contribution is 2.25. The smallest absolute Gasteiger partial charge is 0.328 e. The zero-order valence-electron chi connectivity index (χ0n) is 15.5. The van der Waals surface area contributed by atoms with Crippen LogP contribution in [0.1, 0.15) is 32.6 Å². The van der Waals surface area contributed by atoms with Crippen LogP contribution in [-0.4, -0.2) is 32.4 Å². The van der Waals surface area contributed by atoms with Crippen molar-refractivity contribution in [2.24, 2.45) is 0 Å². The number of hydrogen-bond acceptors (Lipinski definition) is 6. The quantitative estimate of drug-likeness (QED) is 0.337. The second kappa shape index (κ2) is 10.2. The Morgan fingerprint density at radius 1 is 1.21 bits per heavy atom. The maximum absolute atomic E-state index is 11.1. The molecule has 28 heavy (non-hydrogen) atoms. The summed E-state index contributed by atoms with van der Waals surface area (Å²) in [6, 6.07) is 9.12. The number of aliphatic hydroxyl groups is 1. The average molecular weight is 385 g/mol. The van der Waals surface area contributed by atoms with E-state index >= 15 is 0 Å². The first-order chi connectivity index (χ1) is 13.4. The van der Waals surface area contributed by atoms with Gasteiger partial charge in [-0.25, -0.2) is 9.78 Å². The zero-order chi connectivity index (χ0) is 20.5. The highest BCUT2D eigenvalue weighted by atomic mass is 16.4. The number of aliphatic carboxylic acids is 1. The van der Waals surface area contributed by atoms with Gasteiger partial charge in [0.2, 0.25) is 0 Å². The molecule has 0 radical (unpaired) electrons. The zero-order valence-corrected chi connectivity index (χ0v) is 15.5. The van der Waals surface area contributed by atoms with Crippen molar-refractivity contribution in [1.82, 2.24) is 4.98 Å². The van der Waals surface area contributed by atoms with Crippen molar-refractivity contribution in [3.8, 4) is 17.2 Å². The third kappa shape index (κ3) is 6.51. The topological polar surface area (TPSA) is 121 Å². The van der Waals surface area contributed by atoms with E-state index in [1.807, 2.05) is 0 Å². The summed E-state index contributed by atoms with van der Waals surface area (Å²) in [7, 11) is 0. The second-order valence-electron chi connectivity index (χ2n) is 6.26. The molecule has 0 amide bonds. The molecule has 0 saturated heterocycles. The van der Waals surface area contributed by atoms with Crippen molar-refractivity contribution < 1.29 is 24.5 Å². The van der Waals surface area contributed by atoms with Gasteiger partial charge >= 0.3 is 5.97 Å². The molecule has 1 atom stereocenters. The standard InChI is InChI=1S/C12H7NO3.C9H16O3/c14-7-1-3-9-11(5-7)16-12-6-8(15)2-4-10(12)13-9;1-2-3-4-5-8(10)6-7-9(11)12/h1-6,14H;6-8,10H,2-5H2,1H3,(H,11,12)/b;7-6+. The lowest BCUT2D eigenvalue weighted by atomic mass is 10.1. The van der Waals surface area contributed by atoms with Gasteiger partial charge in [0.25, 0.3) is 0 Å². The molecule has 1 aromatic carbocycles. The van der Waals surface area contributed by atoms with Crippen LogP contribution < -0.4 is 5.43 Å². The number of phenols is 1. The number of nitrogens with zero attached hydrogens (tertiary/aromatic N) is 1. The number of hydrogen-bond donors (Lipinski definition) is 3. The van der Waals surface area contributed by atoms with E-state index in [0.717, 1.165) is 25.3 Å². The predicted molar refractivity (Wildman–Crippen MR) is 105 cm³/mol. The summed E-state index contributed by atoms with van der Waals surface area (Å²) < 4.78 is 5.49. The van der Waals surface area contributed by atoms with Crippen LogP contribution in [-0.2, 0) is 4.79 Å². The van der Waals surface area contributed by atoms with Gasteiger partial charge in [0.15, 0.2) is 16.8 Å². The number of unbranched alkanes of at least 4 members (excludes halogenated alkanes) is 2. The Labute approximate surface area is 161 Å². The number of rotatable bonds is 6.